The number of amides is 1. The average Bonchev–Trinajstić information content (AvgIpc) is 2.46. The molecule has 0 aliphatic heterocycles. The molecule has 0 bridgehead atoms. The van der Waals surface area contributed by atoms with E-state index in [1.807, 2.05) is 4.90 Å². The number of hydrogen-bond donors (Lipinski definition) is 1. The smallest absolute Gasteiger partial charge is 0.257 e. The Labute approximate surface area is 121 Å². The molecule has 1 aromatic rings. The molecule has 0 atom stereocenters. The monoisotopic (exact) mass is 279 g/mol. The maximum absolute atomic E-state index is 12.7. The van der Waals surface area contributed by atoms with Gasteiger partial charge < -0.3 is 15.4 Å². The lowest BCUT2D eigenvalue weighted by molar-refractivity contribution is 0.0686. The number of rotatable bonds is 7. The minimum absolute atomic E-state index is 0.0346. The molecule has 1 rings (SSSR count). The lowest BCUT2D eigenvalue weighted by atomic mass is 9.92. The molecule has 0 unspecified atom stereocenters. The zero-order valence-electron chi connectivity index (χ0n) is 12.8. The predicted octanol–water partition coefficient (Wildman–Crippen LogP) is 1.93. The van der Waals surface area contributed by atoms with Crippen molar-refractivity contribution in [2.75, 3.05) is 26.7 Å². The van der Waals surface area contributed by atoms with E-state index in [-0.39, 0.29) is 11.3 Å². The van der Waals surface area contributed by atoms with Crippen LogP contribution in [0.5, 0.6) is 5.75 Å². The topological polar surface area (TPSA) is 68.5 Å². The van der Waals surface area contributed by atoms with Crippen LogP contribution in [0.2, 0.25) is 0 Å². The highest BCUT2D eigenvalue weighted by Crippen LogP contribution is 2.21. The van der Waals surface area contributed by atoms with Gasteiger partial charge in [0.15, 0.2) is 0 Å². The van der Waals surface area contributed by atoms with E-state index in [9.17, 15) is 4.79 Å². The van der Waals surface area contributed by atoms with Gasteiger partial charge in [-0.25, -0.2) is 0 Å². The fourth-order valence-electron chi connectivity index (χ4n) is 1.99. The highest BCUT2D eigenvalue weighted by molar-refractivity contribution is 5.96. The maximum atomic E-state index is 12.7. The van der Waals surface area contributed by atoms with Gasteiger partial charge in [-0.05, 0) is 24.4 Å². The Morgan fingerprint density at radius 2 is 2.20 bits per heavy atom. The van der Waals surface area contributed by atoms with Crippen LogP contribution in [0.25, 0.3) is 0 Å². The number of methoxy groups -OCH3 is 1. The molecule has 5 heteroatoms. The number of hydrogen-bond acceptors (Lipinski definition) is 4. The van der Waals surface area contributed by atoms with E-state index in [2.05, 4.69) is 25.8 Å². The van der Waals surface area contributed by atoms with E-state index in [0.717, 1.165) is 6.42 Å². The van der Waals surface area contributed by atoms with Crippen LogP contribution in [-0.4, -0.2) is 42.5 Å². The zero-order valence-corrected chi connectivity index (χ0v) is 12.8. The van der Waals surface area contributed by atoms with Crippen molar-refractivity contribution in [2.45, 2.75) is 27.2 Å². The van der Waals surface area contributed by atoms with Gasteiger partial charge in [0.1, 0.15) is 5.75 Å². The third-order valence-corrected chi connectivity index (χ3v) is 3.19. The number of nitrogens with zero attached hydrogens (tertiary/aromatic N) is 2. The summed E-state index contributed by atoms with van der Waals surface area (Å²) in [4.78, 5) is 18.5. The third kappa shape index (κ3) is 4.20. The molecule has 0 radical (unpaired) electrons. The molecule has 112 valence electrons. The van der Waals surface area contributed by atoms with Crippen LogP contribution in [0, 0.1) is 5.41 Å². The van der Waals surface area contributed by atoms with Gasteiger partial charge in [0, 0.05) is 19.3 Å². The minimum atomic E-state index is -0.106. The molecule has 5 nitrogen and oxygen atoms in total. The summed E-state index contributed by atoms with van der Waals surface area (Å²) in [7, 11) is 1.54. The summed E-state index contributed by atoms with van der Waals surface area (Å²) in [5.41, 5.74) is 6.21. The molecule has 1 amide bonds. The summed E-state index contributed by atoms with van der Waals surface area (Å²) in [5.74, 6) is 0.469. The molecule has 0 aliphatic carbocycles. The van der Waals surface area contributed by atoms with E-state index in [1.165, 1.54) is 0 Å². The zero-order chi connectivity index (χ0) is 15.2. The first kappa shape index (κ1) is 16.4. The normalized spacial score (nSPS) is 11.2. The molecule has 20 heavy (non-hydrogen) atoms. The Hall–Kier alpha value is -1.62. The van der Waals surface area contributed by atoms with Crippen LogP contribution >= 0.6 is 0 Å². The molecule has 1 heterocycles. The maximum Gasteiger partial charge on any atom is 0.257 e. The van der Waals surface area contributed by atoms with Gasteiger partial charge in [-0.3, -0.25) is 9.78 Å². The number of ether oxygens (including phenoxy) is 1. The molecule has 1 aromatic heterocycles. The van der Waals surface area contributed by atoms with Crippen LogP contribution in [0.3, 0.4) is 0 Å². The second-order valence-corrected chi connectivity index (χ2v) is 5.67. The largest absolute Gasteiger partial charge is 0.494 e. The van der Waals surface area contributed by atoms with E-state index in [1.54, 1.807) is 25.6 Å². The van der Waals surface area contributed by atoms with Gasteiger partial charge in [0.2, 0.25) is 0 Å². The second-order valence-electron chi connectivity index (χ2n) is 5.67. The lowest BCUT2D eigenvalue weighted by Gasteiger charge is -2.32. The van der Waals surface area contributed by atoms with Crippen LogP contribution in [0.1, 0.15) is 37.6 Å². The van der Waals surface area contributed by atoms with Crippen LogP contribution in [-0.2, 0) is 0 Å². The number of nitrogens with two attached hydrogens (primary N) is 1. The summed E-state index contributed by atoms with van der Waals surface area (Å²) < 4.78 is 5.22. The molecular weight excluding hydrogens is 254 g/mol. The van der Waals surface area contributed by atoms with Crippen molar-refractivity contribution in [1.82, 2.24) is 9.88 Å². The van der Waals surface area contributed by atoms with Crippen molar-refractivity contribution >= 4 is 5.91 Å². The Balaban J connectivity index is 2.99. The molecule has 0 fully saturated rings. The Morgan fingerprint density at radius 1 is 1.50 bits per heavy atom. The average molecular weight is 279 g/mol. The van der Waals surface area contributed by atoms with Crippen LogP contribution < -0.4 is 10.5 Å². The third-order valence-electron chi connectivity index (χ3n) is 3.19. The molecule has 0 aromatic carbocycles. The second kappa shape index (κ2) is 7.24. The Kier molecular flexibility index (Phi) is 5.95. The van der Waals surface area contributed by atoms with Gasteiger partial charge in [0.05, 0.1) is 18.9 Å². The fourth-order valence-corrected chi connectivity index (χ4v) is 1.99. The summed E-state index contributed by atoms with van der Waals surface area (Å²) in [6, 6.07) is 1.69. The molecular formula is C15H25N3O2. The van der Waals surface area contributed by atoms with Crippen molar-refractivity contribution in [3.8, 4) is 5.75 Å². The molecule has 0 saturated carbocycles. The Morgan fingerprint density at radius 3 is 2.75 bits per heavy atom. The first-order valence-electron chi connectivity index (χ1n) is 6.92. The van der Waals surface area contributed by atoms with E-state index < -0.39 is 0 Å². The molecule has 2 N–H and O–H groups in total. The minimum Gasteiger partial charge on any atom is -0.494 e. The van der Waals surface area contributed by atoms with Gasteiger partial charge in [-0.15, -0.1) is 0 Å². The van der Waals surface area contributed by atoms with Crippen molar-refractivity contribution in [3.05, 3.63) is 24.0 Å². The van der Waals surface area contributed by atoms with Gasteiger partial charge in [-0.2, -0.15) is 0 Å². The van der Waals surface area contributed by atoms with Crippen LogP contribution in [0.15, 0.2) is 18.5 Å². The van der Waals surface area contributed by atoms with Crippen molar-refractivity contribution in [3.63, 3.8) is 0 Å². The predicted molar refractivity (Wildman–Crippen MR) is 79.8 cm³/mol. The standard InChI is InChI=1S/C15H25N3O2/c1-5-8-18(11-15(2,3)10-16)14(19)12-6-7-17-9-13(12)20-4/h6-7,9H,5,8,10-11,16H2,1-4H3. The van der Waals surface area contributed by atoms with E-state index in [0.29, 0.717) is 30.9 Å². The van der Waals surface area contributed by atoms with Crippen molar-refractivity contribution < 1.29 is 9.53 Å². The fraction of sp³-hybridized carbons (Fsp3) is 0.600. The quantitative estimate of drug-likeness (QED) is 0.828. The summed E-state index contributed by atoms with van der Waals surface area (Å²) in [6.07, 6.45) is 4.07. The van der Waals surface area contributed by atoms with Crippen molar-refractivity contribution in [2.24, 2.45) is 11.1 Å². The van der Waals surface area contributed by atoms with Gasteiger partial charge in [0.25, 0.3) is 5.91 Å². The lowest BCUT2D eigenvalue weighted by Crippen LogP contribution is -2.42. The molecule has 0 saturated heterocycles. The summed E-state index contributed by atoms with van der Waals surface area (Å²) in [5, 5.41) is 0. The SMILES string of the molecule is CCCN(CC(C)(C)CN)C(=O)c1ccncc1OC. The summed E-state index contributed by atoms with van der Waals surface area (Å²) >= 11 is 0. The van der Waals surface area contributed by atoms with Gasteiger partial charge in [-0.1, -0.05) is 20.8 Å². The van der Waals surface area contributed by atoms with Gasteiger partial charge >= 0.3 is 0 Å². The molecule has 0 aliphatic rings. The Bertz CT molecular complexity index is 446. The molecule has 0 spiro atoms. The highest BCUT2D eigenvalue weighted by atomic mass is 16.5. The first-order chi connectivity index (χ1) is 9.45. The summed E-state index contributed by atoms with van der Waals surface area (Å²) in [6.45, 7) is 8.04. The van der Waals surface area contributed by atoms with E-state index in [4.69, 9.17) is 10.5 Å². The van der Waals surface area contributed by atoms with Crippen LogP contribution in [0.4, 0.5) is 0 Å². The first-order valence-corrected chi connectivity index (χ1v) is 6.92. The number of aromatic nitrogens is 1. The number of carbonyl (C=O) groups excluding carboxylic acids is 1. The van der Waals surface area contributed by atoms with E-state index >= 15 is 0 Å². The number of carbonyl (C=O) groups is 1. The highest BCUT2D eigenvalue weighted by Gasteiger charge is 2.25. The van der Waals surface area contributed by atoms with Crippen molar-refractivity contribution in [1.29, 1.82) is 0 Å². The number of pyridine rings is 1.